The van der Waals surface area contributed by atoms with E-state index in [1.807, 2.05) is 6.92 Å². The van der Waals surface area contributed by atoms with Crippen molar-refractivity contribution in [2.24, 2.45) is 0 Å². The molecule has 0 aliphatic carbocycles. The van der Waals surface area contributed by atoms with Gasteiger partial charge in [-0.2, -0.15) is 0 Å². The molecule has 0 aromatic rings. The lowest BCUT2D eigenvalue weighted by atomic mass is 10.1. The summed E-state index contributed by atoms with van der Waals surface area (Å²) in [4.78, 5) is 21.7. The number of ether oxygens (including phenoxy) is 1. The number of carbonyl (C=O) groups is 2. The second-order valence-electron chi connectivity index (χ2n) is 2.48. The molecule has 0 aliphatic rings. The lowest BCUT2D eigenvalue weighted by Gasteiger charge is -2.04. The van der Waals surface area contributed by atoms with Crippen molar-refractivity contribution < 1.29 is 14.3 Å². The minimum absolute atomic E-state index is 0.218. The van der Waals surface area contributed by atoms with Gasteiger partial charge < -0.3 is 4.74 Å². The number of hydrogen-bond donors (Lipinski definition) is 0. The Labute approximate surface area is 77.0 Å². The predicted octanol–water partition coefficient (Wildman–Crippen LogP) is 1.53. The number of alkyl halides is 1. The number of ketones is 1. The third-order valence-corrected chi connectivity index (χ3v) is 1.90. The monoisotopic (exact) mass is 192 g/mol. The Balaban J connectivity index is 3.78. The fourth-order valence-corrected chi connectivity index (χ4v) is 1.03. The van der Waals surface area contributed by atoms with E-state index in [-0.39, 0.29) is 12.2 Å². The van der Waals surface area contributed by atoms with Gasteiger partial charge in [0.05, 0.1) is 12.5 Å². The average molecular weight is 193 g/mol. The lowest BCUT2D eigenvalue weighted by molar-refractivity contribution is -0.143. The molecule has 4 heteroatoms. The zero-order valence-electron chi connectivity index (χ0n) is 7.30. The zero-order valence-corrected chi connectivity index (χ0v) is 8.06. The first-order valence-electron chi connectivity index (χ1n) is 3.85. The van der Waals surface area contributed by atoms with E-state index in [1.54, 1.807) is 0 Å². The van der Waals surface area contributed by atoms with Crippen LogP contribution in [0.15, 0.2) is 0 Å². The fraction of sp³-hybridized carbons (Fsp3) is 0.750. The smallest absolute Gasteiger partial charge is 0.313 e. The molecule has 0 aromatic carbocycles. The molecule has 1 unspecified atom stereocenters. The number of carbonyl (C=O) groups excluding carboxylic acids is 2. The summed E-state index contributed by atoms with van der Waals surface area (Å²) in [7, 11) is 1.25. The van der Waals surface area contributed by atoms with Gasteiger partial charge in [-0.1, -0.05) is 13.3 Å². The van der Waals surface area contributed by atoms with Crippen molar-refractivity contribution in [3.05, 3.63) is 0 Å². The van der Waals surface area contributed by atoms with E-state index in [0.717, 1.165) is 6.42 Å². The number of hydrogen-bond acceptors (Lipinski definition) is 3. The molecule has 12 heavy (non-hydrogen) atoms. The Kier molecular flexibility index (Phi) is 5.72. The highest BCUT2D eigenvalue weighted by atomic mass is 35.5. The van der Waals surface area contributed by atoms with Gasteiger partial charge in [-0.3, -0.25) is 9.59 Å². The van der Waals surface area contributed by atoms with Crippen molar-refractivity contribution in [2.75, 3.05) is 7.11 Å². The van der Waals surface area contributed by atoms with Gasteiger partial charge in [-0.05, 0) is 6.42 Å². The van der Waals surface area contributed by atoms with Crippen LogP contribution in [-0.4, -0.2) is 24.2 Å². The van der Waals surface area contributed by atoms with Crippen molar-refractivity contribution in [3.8, 4) is 0 Å². The SMILES string of the molecule is CCCC(Cl)C(=O)CC(=O)OC. The molecule has 0 spiro atoms. The van der Waals surface area contributed by atoms with Crippen LogP contribution in [0.3, 0.4) is 0 Å². The summed E-state index contributed by atoms with van der Waals surface area (Å²) < 4.78 is 4.33. The molecule has 0 rings (SSSR count). The molecule has 0 radical (unpaired) electrons. The van der Waals surface area contributed by atoms with Gasteiger partial charge in [0, 0.05) is 0 Å². The van der Waals surface area contributed by atoms with Gasteiger partial charge in [0.15, 0.2) is 5.78 Å². The first-order chi connectivity index (χ1) is 5.61. The summed E-state index contributed by atoms with van der Waals surface area (Å²) >= 11 is 5.68. The third kappa shape index (κ3) is 4.34. The van der Waals surface area contributed by atoms with Crippen LogP contribution < -0.4 is 0 Å². The van der Waals surface area contributed by atoms with Crippen LogP contribution in [0.5, 0.6) is 0 Å². The normalized spacial score (nSPS) is 12.2. The Morgan fingerprint density at radius 3 is 2.50 bits per heavy atom. The Hall–Kier alpha value is -0.570. The summed E-state index contributed by atoms with van der Waals surface area (Å²) in [6, 6.07) is 0. The molecule has 0 saturated heterocycles. The first kappa shape index (κ1) is 11.4. The maximum Gasteiger partial charge on any atom is 0.313 e. The molecule has 0 fully saturated rings. The second-order valence-corrected chi connectivity index (χ2v) is 3.00. The van der Waals surface area contributed by atoms with E-state index < -0.39 is 11.3 Å². The molecule has 0 aliphatic heterocycles. The quantitative estimate of drug-likeness (QED) is 0.377. The van der Waals surface area contributed by atoms with Crippen LogP contribution in [0.4, 0.5) is 0 Å². The molecular formula is C8H13ClO3. The van der Waals surface area contributed by atoms with Crippen LogP contribution >= 0.6 is 11.6 Å². The summed E-state index contributed by atoms with van der Waals surface area (Å²) in [5, 5.41) is -0.547. The van der Waals surface area contributed by atoms with Crippen molar-refractivity contribution in [3.63, 3.8) is 0 Å². The molecule has 3 nitrogen and oxygen atoms in total. The highest BCUT2D eigenvalue weighted by Gasteiger charge is 2.17. The highest BCUT2D eigenvalue weighted by molar-refractivity contribution is 6.32. The summed E-state index contributed by atoms with van der Waals surface area (Å²) in [5.41, 5.74) is 0. The van der Waals surface area contributed by atoms with Gasteiger partial charge in [0.1, 0.15) is 6.42 Å². The molecule has 0 N–H and O–H groups in total. The number of halogens is 1. The van der Waals surface area contributed by atoms with E-state index in [4.69, 9.17) is 11.6 Å². The number of esters is 1. The minimum atomic E-state index is -0.547. The average Bonchev–Trinajstić information content (AvgIpc) is 2.04. The van der Waals surface area contributed by atoms with Crippen LogP contribution in [-0.2, 0) is 14.3 Å². The highest BCUT2D eigenvalue weighted by Crippen LogP contribution is 2.08. The van der Waals surface area contributed by atoms with E-state index in [2.05, 4.69) is 4.74 Å². The minimum Gasteiger partial charge on any atom is -0.469 e. The Morgan fingerprint density at radius 2 is 2.08 bits per heavy atom. The fourth-order valence-electron chi connectivity index (χ4n) is 0.740. The standard InChI is InChI=1S/C8H13ClO3/c1-3-4-6(9)7(10)5-8(11)12-2/h6H,3-5H2,1-2H3. The number of rotatable bonds is 5. The molecule has 0 heterocycles. The number of Topliss-reactive ketones (excluding diaryl/α,β-unsaturated/α-hetero) is 1. The van der Waals surface area contributed by atoms with E-state index in [9.17, 15) is 9.59 Å². The van der Waals surface area contributed by atoms with Crippen molar-refractivity contribution in [1.29, 1.82) is 0 Å². The predicted molar refractivity (Wildman–Crippen MR) is 46.2 cm³/mol. The molecule has 70 valence electrons. The van der Waals surface area contributed by atoms with Gasteiger partial charge in [0.25, 0.3) is 0 Å². The van der Waals surface area contributed by atoms with Gasteiger partial charge in [-0.25, -0.2) is 0 Å². The maximum atomic E-state index is 11.1. The number of methoxy groups -OCH3 is 1. The summed E-state index contributed by atoms with van der Waals surface area (Å²) in [6.07, 6.45) is 1.23. The molecule has 0 saturated carbocycles. The van der Waals surface area contributed by atoms with Crippen LogP contribution in [0.25, 0.3) is 0 Å². The summed E-state index contributed by atoms with van der Waals surface area (Å²) in [5.74, 6) is -0.785. The first-order valence-corrected chi connectivity index (χ1v) is 4.29. The van der Waals surface area contributed by atoms with Gasteiger partial charge in [0.2, 0.25) is 0 Å². The molecule has 0 aromatic heterocycles. The molecular weight excluding hydrogens is 180 g/mol. The molecule has 1 atom stereocenters. The second kappa shape index (κ2) is 6.00. The van der Waals surface area contributed by atoms with Gasteiger partial charge in [-0.15, -0.1) is 11.6 Å². The van der Waals surface area contributed by atoms with Crippen LogP contribution in [0, 0.1) is 0 Å². The summed E-state index contributed by atoms with van der Waals surface area (Å²) in [6.45, 7) is 1.93. The van der Waals surface area contributed by atoms with Gasteiger partial charge >= 0.3 is 5.97 Å². The van der Waals surface area contributed by atoms with Crippen LogP contribution in [0.1, 0.15) is 26.2 Å². The zero-order chi connectivity index (χ0) is 9.56. The van der Waals surface area contributed by atoms with E-state index >= 15 is 0 Å². The largest absolute Gasteiger partial charge is 0.469 e. The maximum absolute atomic E-state index is 11.1. The Morgan fingerprint density at radius 1 is 1.50 bits per heavy atom. The van der Waals surface area contributed by atoms with Crippen molar-refractivity contribution >= 4 is 23.4 Å². The lowest BCUT2D eigenvalue weighted by Crippen LogP contribution is -2.18. The topological polar surface area (TPSA) is 43.4 Å². The third-order valence-electron chi connectivity index (χ3n) is 1.44. The molecule has 0 amide bonds. The van der Waals surface area contributed by atoms with E-state index in [1.165, 1.54) is 7.11 Å². The van der Waals surface area contributed by atoms with Crippen LogP contribution in [0.2, 0.25) is 0 Å². The Bertz CT molecular complexity index is 168. The van der Waals surface area contributed by atoms with Crippen molar-refractivity contribution in [2.45, 2.75) is 31.6 Å². The van der Waals surface area contributed by atoms with E-state index in [0.29, 0.717) is 6.42 Å². The molecule has 0 bridgehead atoms. The van der Waals surface area contributed by atoms with Crippen molar-refractivity contribution in [1.82, 2.24) is 0 Å².